The monoisotopic (exact) mass is 436 g/mol. The van der Waals surface area contributed by atoms with Crippen LogP contribution in [0.4, 0.5) is 11.4 Å². The SMILES string of the molecule is CC(C)Sc1ccc(CC(=O)Nc2ccc3c(c2)N(C(=O)c2cccs2)CC3)cc1. The van der Waals surface area contributed by atoms with E-state index in [1.54, 1.807) is 0 Å². The summed E-state index contributed by atoms with van der Waals surface area (Å²) in [5, 5.41) is 5.43. The molecular formula is C24H24N2O2S2. The van der Waals surface area contributed by atoms with Gasteiger partial charge in [0.25, 0.3) is 5.91 Å². The van der Waals surface area contributed by atoms with Crippen LogP contribution in [0.3, 0.4) is 0 Å². The summed E-state index contributed by atoms with van der Waals surface area (Å²) >= 11 is 3.26. The number of benzene rings is 2. The van der Waals surface area contributed by atoms with Crippen molar-refractivity contribution >= 4 is 46.3 Å². The van der Waals surface area contributed by atoms with Gasteiger partial charge in [0.2, 0.25) is 5.91 Å². The van der Waals surface area contributed by atoms with E-state index in [-0.39, 0.29) is 11.8 Å². The van der Waals surface area contributed by atoms with E-state index in [2.05, 4.69) is 31.3 Å². The summed E-state index contributed by atoms with van der Waals surface area (Å²) in [6, 6.07) is 17.7. The standard InChI is InChI=1S/C24H24N2O2S2/c1-16(2)30-20-9-5-17(6-10-20)14-23(27)25-19-8-7-18-11-12-26(21(18)15-19)24(28)22-4-3-13-29-22/h3-10,13,15-16H,11-12,14H2,1-2H3,(H,25,27). The van der Waals surface area contributed by atoms with Gasteiger partial charge in [-0.3, -0.25) is 9.59 Å². The van der Waals surface area contributed by atoms with Gasteiger partial charge in [0, 0.05) is 28.1 Å². The predicted molar refractivity (Wildman–Crippen MR) is 126 cm³/mol. The largest absolute Gasteiger partial charge is 0.326 e. The second kappa shape index (κ2) is 9.06. The average molecular weight is 437 g/mol. The molecule has 30 heavy (non-hydrogen) atoms. The van der Waals surface area contributed by atoms with Gasteiger partial charge in [-0.2, -0.15) is 0 Å². The molecule has 2 amide bonds. The normalized spacial score (nSPS) is 12.8. The topological polar surface area (TPSA) is 49.4 Å². The van der Waals surface area contributed by atoms with Gasteiger partial charge >= 0.3 is 0 Å². The Hall–Kier alpha value is -2.57. The smallest absolute Gasteiger partial charge is 0.268 e. The van der Waals surface area contributed by atoms with Gasteiger partial charge in [-0.05, 0) is 53.3 Å². The third-order valence-electron chi connectivity index (χ3n) is 4.90. The van der Waals surface area contributed by atoms with Gasteiger partial charge in [-0.25, -0.2) is 0 Å². The third kappa shape index (κ3) is 4.77. The number of anilines is 2. The molecule has 4 rings (SSSR count). The first-order valence-corrected chi connectivity index (χ1v) is 11.8. The number of hydrogen-bond donors (Lipinski definition) is 1. The Balaban J connectivity index is 1.42. The van der Waals surface area contributed by atoms with Crippen molar-refractivity contribution < 1.29 is 9.59 Å². The quantitative estimate of drug-likeness (QED) is 0.509. The number of hydrogen-bond acceptors (Lipinski definition) is 4. The molecule has 3 aromatic rings. The summed E-state index contributed by atoms with van der Waals surface area (Å²) in [4.78, 5) is 29.1. The van der Waals surface area contributed by atoms with E-state index in [4.69, 9.17) is 0 Å². The maximum absolute atomic E-state index is 12.8. The molecule has 4 nitrogen and oxygen atoms in total. The van der Waals surface area contributed by atoms with Crippen LogP contribution in [0.25, 0.3) is 0 Å². The van der Waals surface area contributed by atoms with E-state index in [1.807, 2.05) is 64.5 Å². The fourth-order valence-corrected chi connectivity index (χ4v) is 5.06. The second-order valence-electron chi connectivity index (χ2n) is 7.56. The zero-order chi connectivity index (χ0) is 21.1. The van der Waals surface area contributed by atoms with E-state index in [9.17, 15) is 9.59 Å². The first-order chi connectivity index (χ1) is 14.5. The minimum Gasteiger partial charge on any atom is -0.326 e. The summed E-state index contributed by atoms with van der Waals surface area (Å²) in [7, 11) is 0. The van der Waals surface area contributed by atoms with Crippen molar-refractivity contribution in [3.8, 4) is 0 Å². The minimum atomic E-state index is -0.0617. The van der Waals surface area contributed by atoms with Crippen molar-refractivity contribution in [1.82, 2.24) is 0 Å². The van der Waals surface area contributed by atoms with Crippen LogP contribution >= 0.6 is 23.1 Å². The predicted octanol–water partition coefficient (Wildman–Crippen LogP) is 5.63. The van der Waals surface area contributed by atoms with E-state index in [1.165, 1.54) is 16.2 Å². The average Bonchev–Trinajstić information content (AvgIpc) is 3.38. The second-order valence-corrected chi connectivity index (χ2v) is 10.2. The number of nitrogens with zero attached hydrogens (tertiary/aromatic N) is 1. The Morgan fingerprint density at radius 1 is 1.13 bits per heavy atom. The van der Waals surface area contributed by atoms with E-state index in [0.29, 0.717) is 18.2 Å². The first-order valence-electron chi connectivity index (χ1n) is 10.0. The molecule has 0 aliphatic carbocycles. The van der Waals surface area contributed by atoms with Crippen LogP contribution in [0.15, 0.2) is 64.9 Å². The first kappa shape index (κ1) is 20.7. The molecule has 0 spiro atoms. The Labute approximate surface area is 185 Å². The molecule has 0 saturated heterocycles. The highest BCUT2D eigenvalue weighted by Gasteiger charge is 2.26. The molecule has 0 bridgehead atoms. The fourth-order valence-electron chi connectivity index (χ4n) is 3.55. The molecule has 0 fully saturated rings. The van der Waals surface area contributed by atoms with Crippen LogP contribution in [0.1, 0.15) is 34.6 Å². The number of rotatable bonds is 6. The summed E-state index contributed by atoms with van der Waals surface area (Å²) in [5.74, 6) is -0.0417. The van der Waals surface area contributed by atoms with Crippen LogP contribution in [0.2, 0.25) is 0 Å². The van der Waals surface area contributed by atoms with Crippen LogP contribution in [-0.4, -0.2) is 23.6 Å². The Bertz CT molecular complexity index is 1040. The molecule has 0 atom stereocenters. The number of thioether (sulfide) groups is 1. The molecule has 1 aliphatic heterocycles. The van der Waals surface area contributed by atoms with Gasteiger partial charge in [0.15, 0.2) is 0 Å². The maximum atomic E-state index is 12.8. The highest BCUT2D eigenvalue weighted by Crippen LogP contribution is 2.32. The number of carbonyl (C=O) groups excluding carboxylic acids is 2. The van der Waals surface area contributed by atoms with E-state index < -0.39 is 0 Å². The van der Waals surface area contributed by atoms with Crippen molar-refractivity contribution in [3.05, 3.63) is 76.0 Å². The molecule has 154 valence electrons. The van der Waals surface area contributed by atoms with Gasteiger partial charge in [-0.1, -0.05) is 38.1 Å². The molecule has 1 N–H and O–H groups in total. The molecule has 2 aromatic carbocycles. The lowest BCUT2D eigenvalue weighted by atomic mass is 10.1. The molecule has 0 saturated carbocycles. The summed E-state index contributed by atoms with van der Waals surface area (Å²) < 4.78 is 0. The van der Waals surface area contributed by atoms with Crippen LogP contribution in [0, 0.1) is 0 Å². The van der Waals surface area contributed by atoms with Gasteiger partial charge in [0.05, 0.1) is 11.3 Å². The Morgan fingerprint density at radius 3 is 2.63 bits per heavy atom. The van der Waals surface area contributed by atoms with Gasteiger partial charge in [-0.15, -0.1) is 23.1 Å². The molecule has 2 heterocycles. The zero-order valence-electron chi connectivity index (χ0n) is 17.1. The van der Waals surface area contributed by atoms with Crippen molar-refractivity contribution in [2.45, 2.75) is 36.8 Å². The highest BCUT2D eigenvalue weighted by atomic mass is 32.2. The Kier molecular flexibility index (Phi) is 6.25. The lowest BCUT2D eigenvalue weighted by Crippen LogP contribution is -2.28. The van der Waals surface area contributed by atoms with Crippen molar-refractivity contribution in [1.29, 1.82) is 0 Å². The van der Waals surface area contributed by atoms with Gasteiger partial charge in [0.1, 0.15) is 0 Å². The summed E-state index contributed by atoms with van der Waals surface area (Å²) in [5.41, 5.74) is 3.73. The number of fused-ring (bicyclic) bond motifs is 1. The minimum absolute atomic E-state index is 0.0200. The lowest BCUT2D eigenvalue weighted by Gasteiger charge is -2.17. The molecule has 0 radical (unpaired) electrons. The number of nitrogens with one attached hydrogen (secondary N) is 1. The number of thiophene rings is 1. The van der Waals surface area contributed by atoms with Crippen molar-refractivity contribution in [2.24, 2.45) is 0 Å². The van der Waals surface area contributed by atoms with Crippen LogP contribution in [0.5, 0.6) is 0 Å². The lowest BCUT2D eigenvalue weighted by molar-refractivity contribution is -0.115. The fraction of sp³-hybridized carbons (Fsp3) is 0.250. The molecule has 1 aliphatic rings. The van der Waals surface area contributed by atoms with Crippen molar-refractivity contribution in [3.63, 3.8) is 0 Å². The number of amides is 2. The molecular weight excluding hydrogens is 412 g/mol. The summed E-state index contributed by atoms with van der Waals surface area (Å²) in [6.45, 7) is 5.00. The highest BCUT2D eigenvalue weighted by molar-refractivity contribution is 7.99. The van der Waals surface area contributed by atoms with Crippen LogP contribution < -0.4 is 10.2 Å². The Morgan fingerprint density at radius 2 is 1.93 bits per heavy atom. The summed E-state index contributed by atoms with van der Waals surface area (Å²) in [6.07, 6.45) is 1.16. The maximum Gasteiger partial charge on any atom is 0.268 e. The zero-order valence-corrected chi connectivity index (χ0v) is 18.7. The number of carbonyl (C=O) groups is 2. The van der Waals surface area contributed by atoms with E-state index in [0.717, 1.165) is 33.8 Å². The van der Waals surface area contributed by atoms with Crippen molar-refractivity contribution in [2.75, 3.05) is 16.8 Å². The van der Waals surface area contributed by atoms with Gasteiger partial charge < -0.3 is 10.2 Å². The third-order valence-corrected chi connectivity index (χ3v) is 6.78. The molecule has 0 unspecified atom stereocenters. The molecule has 1 aromatic heterocycles. The molecule has 6 heteroatoms. The van der Waals surface area contributed by atoms with Crippen LogP contribution in [-0.2, 0) is 17.6 Å². The van der Waals surface area contributed by atoms with E-state index >= 15 is 0 Å².